The number of carbonyl (C=O) groups is 2. The lowest BCUT2D eigenvalue weighted by Crippen LogP contribution is -2.33. The molecule has 1 aromatic rings. The molecule has 0 aliphatic carbocycles. The molecule has 1 heterocycles. The zero-order valence-corrected chi connectivity index (χ0v) is 10.4. The van der Waals surface area contributed by atoms with Crippen molar-refractivity contribution in [1.29, 1.82) is 0 Å². The summed E-state index contributed by atoms with van der Waals surface area (Å²) in [6, 6.07) is 2.22. The van der Waals surface area contributed by atoms with E-state index in [9.17, 15) is 19.7 Å². The van der Waals surface area contributed by atoms with E-state index in [0.29, 0.717) is 11.3 Å². The Balaban J connectivity index is 2.14. The molecule has 0 aromatic heterocycles. The van der Waals surface area contributed by atoms with E-state index in [-0.39, 0.29) is 36.8 Å². The molecule has 0 spiro atoms. The Morgan fingerprint density at radius 1 is 1.45 bits per heavy atom. The molecule has 9 nitrogen and oxygen atoms in total. The second-order valence-corrected chi connectivity index (χ2v) is 4.23. The first-order chi connectivity index (χ1) is 9.47. The maximum Gasteiger partial charge on any atom is 0.312 e. The Kier molecular flexibility index (Phi) is 3.69. The van der Waals surface area contributed by atoms with Gasteiger partial charge >= 0.3 is 6.03 Å². The van der Waals surface area contributed by atoms with Crippen molar-refractivity contribution in [1.82, 2.24) is 5.32 Å². The minimum Gasteiger partial charge on any atom is -0.378 e. The first-order valence-electron chi connectivity index (χ1n) is 5.85. The Morgan fingerprint density at radius 3 is 2.85 bits per heavy atom. The van der Waals surface area contributed by atoms with Gasteiger partial charge in [0, 0.05) is 24.8 Å². The summed E-state index contributed by atoms with van der Waals surface area (Å²) in [5.41, 5.74) is 6.23. The number of anilines is 2. The van der Waals surface area contributed by atoms with Gasteiger partial charge in [0.05, 0.1) is 11.3 Å². The Labute approximate surface area is 113 Å². The highest BCUT2D eigenvalue weighted by Crippen LogP contribution is 2.34. The van der Waals surface area contributed by atoms with Gasteiger partial charge in [-0.05, 0) is 11.6 Å². The van der Waals surface area contributed by atoms with E-state index in [0.717, 1.165) is 0 Å². The van der Waals surface area contributed by atoms with Crippen LogP contribution in [0.1, 0.15) is 5.56 Å². The zero-order chi connectivity index (χ0) is 14.7. The number of nitrogens with two attached hydrogens (primary N) is 1. The van der Waals surface area contributed by atoms with Gasteiger partial charge in [-0.15, -0.1) is 0 Å². The molecule has 0 atom stereocenters. The molecule has 3 amide bonds. The number of primary amides is 1. The monoisotopic (exact) mass is 279 g/mol. The summed E-state index contributed by atoms with van der Waals surface area (Å²) in [6.07, 6.45) is 0.139. The fourth-order valence-electron chi connectivity index (χ4n) is 1.94. The fourth-order valence-corrected chi connectivity index (χ4v) is 1.94. The van der Waals surface area contributed by atoms with Crippen LogP contribution in [0.25, 0.3) is 0 Å². The van der Waals surface area contributed by atoms with Crippen LogP contribution in [0.5, 0.6) is 0 Å². The predicted octanol–water partition coefficient (Wildman–Crippen LogP) is 0.170. The highest BCUT2D eigenvalue weighted by Gasteiger charge is 2.24. The molecule has 2 rings (SSSR count). The number of amides is 3. The van der Waals surface area contributed by atoms with Crippen molar-refractivity contribution in [3.8, 4) is 0 Å². The Morgan fingerprint density at radius 2 is 2.20 bits per heavy atom. The Hall–Kier alpha value is -2.84. The largest absolute Gasteiger partial charge is 0.378 e. The van der Waals surface area contributed by atoms with E-state index in [1.54, 1.807) is 0 Å². The van der Waals surface area contributed by atoms with Gasteiger partial charge in [0.25, 0.3) is 5.69 Å². The van der Waals surface area contributed by atoms with Gasteiger partial charge in [0.15, 0.2) is 0 Å². The van der Waals surface area contributed by atoms with E-state index in [4.69, 9.17) is 5.73 Å². The molecule has 0 fully saturated rings. The number of rotatable bonds is 5. The maximum absolute atomic E-state index is 11.3. The lowest BCUT2D eigenvalue weighted by Gasteiger charge is -2.09. The van der Waals surface area contributed by atoms with Crippen LogP contribution in [-0.2, 0) is 11.2 Å². The van der Waals surface area contributed by atoms with Crippen LogP contribution in [0.4, 0.5) is 21.9 Å². The number of hydrogen-bond acceptors (Lipinski definition) is 5. The second-order valence-electron chi connectivity index (χ2n) is 4.23. The summed E-state index contributed by atoms with van der Waals surface area (Å²) in [7, 11) is 0. The van der Waals surface area contributed by atoms with E-state index in [1.807, 2.05) is 0 Å². The minimum atomic E-state index is -0.664. The fraction of sp³-hybridized carbons (Fsp3) is 0.273. The molecule has 106 valence electrons. The second kappa shape index (κ2) is 5.43. The van der Waals surface area contributed by atoms with Crippen molar-refractivity contribution >= 4 is 29.0 Å². The van der Waals surface area contributed by atoms with E-state index >= 15 is 0 Å². The topological polar surface area (TPSA) is 139 Å². The maximum atomic E-state index is 11.3. The number of urea groups is 1. The van der Waals surface area contributed by atoms with Crippen molar-refractivity contribution in [3.63, 3.8) is 0 Å². The molecule has 0 saturated heterocycles. The van der Waals surface area contributed by atoms with Crippen molar-refractivity contribution < 1.29 is 14.5 Å². The number of nitro groups is 1. The van der Waals surface area contributed by atoms with Gasteiger partial charge in [-0.25, -0.2) is 4.79 Å². The third kappa shape index (κ3) is 2.94. The average Bonchev–Trinajstić information content (AvgIpc) is 2.72. The molecule has 20 heavy (non-hydrogen) atoms. The minimum absolute atomic E-state index is 0.112. The number of hydrogen-bond donors (Lipinski definition) is 4. The van der Waals surface area contributed by atoms with Gasteiger partial charge in [-0.3, -0.25) is 14.9 Å². The molecule has 0 radical (unpaired) electrons. The van der Waals surface area contributed by atoms with Gasteiger partial charge in [-0.1, -0.05) is 0 Å². The molecule has 1 aliphatic heterocycles. The van der Waals surface area contributed by atoms with Crippen LogP contribution in [-0.4, -0.2) is 30.0 Å². The van der Waals surface area contributed by atoms with Crippen molar-refractivity contribution in [2.24, 2.45) is 5.73 Å². The molecule has 1 aliphatic rings. The number of benzene rings is 1. The molecule has 5 N–H and O–H groups in total. The van der Waals surface area contributed by atoms with Crippen molar-refractivity contribution in [2.75, 3.05) is 23.7 Å². The lowest BCUT2D eigenvalue weighted by atomic mass is 10.1. The summed E-state index contributed by atoms with van der Waals surface area (Å²) in [5, 5.41) is 18.8. The number of carbonyl (C=O) groups excluding carboxylic acids is 2. The standard InChI is InChI=1S/C11H13N5O4/c12-11(18)14-2-1-13-8-5-7-6(4-10(17)15-7)3-9(8)16(19)20/h3,5,13H,1-2,4H2,(H,15,17)(H3,12,14,18). The summed E-state index contributed by atoms with van der Waals surface area (Å²) in [5.74, 6) is -0.193. The lowest BCUT2D eigenvalue weighted by molar-refractivity contribution is -0.384. The molecular weight excluding hydrogens is 266 g/mol. The molecule has 1 aromatic carbocycles. The van der Waals surface area contributed by atoms with Gasteiger partial charge in [0.2, 0.25) is 5.91 Å². The van der Waals surface area contributed by atoms with Crippen molar-refractivity contribution in [2.45, 2.75) is 6.42 Å². The van der Waals surface area contributed by atoms with Gasteiger partial charge in [-0.2, -0.15) is 0 Å². The third-order valence-electron chi connectivity index (χ3n) is 2.78. The SMILES string of the molecule is NC(=O)NCCNc1cc2c(cc1[N+](=O)[O-])CC(=O)N2. The molecule has 0 saturated carbocycles. The van der Waals surface area contributed by atoms with Crippen LogP contribution >= 0.6 is 0 Å². The highest BCUT2D eigenvalue weighted by molar-refractivity contribution is 6.00. The van der Waals surface area contributed by atoms with Gasteiger partial charge < -0.3 is 21.7 Å². The Bertz CT molecular complexity index is 586. The van der Waals surface area contributed by atoms with Crippen LogP contribution in [0, 0.1) is 10.1 Å². The summed E-state index contributed by atoms with van der Waals surface area (Å²) >= 11 is 0. The normalized spacial score (nSPS) is 12.5. The van der Waals surface area contributed by atoms with Gasteiger partial charge in [0.1, 0.15) is 5.69 Å². The first kappa shape index (κ1) is 13.6. The van der Waals surface area contributed by atoms with E-state index in [1.165, 1.54) is 12.1 Å². The first-order valence-corrected chi connectivity index (χ1v) is 5.85. The molecular formula is C11H13N5O4. The molecule has 9 heteroatoms. The van der Waals surface area contributed by atoms with Crippen LogP contribution < -0.4 is 21.7 Å². The number of nitro benzene ring substituents is 1. The quantitative estimate of drug-likeness (QED) is 0.345. The van der Waals surface area contributed by atoms with Crippen molar-refractivity contribution in [3.05, 3.63) is 27.8 Å². The molecule has 0 bridgehead atoms. The summed E-state index contributed by atoms with van der Waals surface area (Å²) < 4.78 is 0. The number of nitrogens with one attached hydrogen (secondary N) is 3. The number of fused-ring (bicyclic) bond motifs is 1. The van der Waals surface area contributed by atoms with E-state index in [2.05, 4.69) is 16.0 Å². The predicted molar refractivity (Wildman–Crippen MR) is 71.5 cm³/mol. The van der Waals surface area contributed by atoms with Crippen LogP contribution in [0.15, 0.2) is 12.1 Å². The number of nitrogens with zero attached hydrogens (tertiary/aromatic N) is 1. The highest BCUT2D eigenvalue weighted by atomic mass is 16.6. The third-order valence-corrected chi connectivity index (χ3v) is 2.78. The van der Waals surface area contributed by atoms with E-state index < -0.39 is 11.0 Å². The summed E-state index contributed by atoms with van der Waals surface area (Å²) in [4.78, 5) is 32.3. The molecule has 0 unspecified atom stereocenters. The smallest absolute Gasteiger partial charge is 0.312 e. The van der Waals surface area contributed by atoms with Crippen LogP contribution in [0.3, 0.4) is 0 Å². The summed E-state index contributed by atoms with van der Waals surface area (Å²) in [6.45, 7) is 0.506. The average molecular weight is 279 g/mol. The van der Waals surface area contributed by atoms with Crippen LogP contribution in [0.2, 0.25) is 0 Å². The zero-order valence-electron chi connectivity index (χ0n) is 10.4.